The molecule has 0 aromatic carbocycles. The number of hydrogen-bond acceptors (Lipinski definition) is 3. The van der Waals surface area contributed by atoms with Gasteiger partial charge in [0.15, 0.2) is 0 Å². The Morgan fingerprint density at radius 2 is 1.17 bits per heavy atom. The van der Waals surface area contributed by atoms with Gasteiger partial charge >= 0.3 is 0 Å². The molecule has 0 aromatic heterocycles. The van der Waals surface area contributed by atoms with E-state index in [1.807, 2.05) is 0 Å². The lowest BCUT2D eigenvalue weighted by molar-refractivity contribution is 0.190. The summed E-state index contributed by atoms with van der Waals surface area (Å²) < 4.78 is 0. The first-order valence-corrected chi connectivity index (χ1v) is 10.4. The van der Waals surface area contributed by atoms with Crippen LogP contribution in [0.2, 0.25) is 0 Å². The second kappa shape index (κ2) is 19.9. The first-order chi connectivity index (χ1) is 11.3. The van der Waals surface area contributed by atoms with Crippen molar-refractivity contribution in [1.82, 2.24) is 10.2 Å². The molecule has 0 unspecified atom stereocenters. The molecule has 0 fully saturated rings. The van der Waals surface area contributed by atoms with Crippen LogP contribution in [-0.2, 0) is 0 Å². The van der Waals surface area contributed by atoms with Gasteiger partial charge < -0.3 is 15.3 Å². The molecule has 2 N–H and O–H groups in total. The summed E-state index contributed by atoms with van der Waals surface area (Å²) in [5.41, 5.74) is 0. The van der Waals surface area contributed by atoms with E-state index in [2.05, 4.69) is 24.1 Å². The summed E-state index contributed by atoms with van der Waals surface area (Å²) in [7, 11) is 0. The Balaban J connectivity index is 3.42. The van der Waals surface area contributed by atoms with Gasteiger partial charge in [0.05, 0.1) is 6.61 Å². The normalized spacial score (nSPS) is 11.5. The van der Waals surface area contributed by atoms with E-state index in [4.69, 9.17) is 0 Å². The third-order valence-corrected chi connectivity index (χ3v) is 4.57. The lowest BCUT2D eigenvalue weighted by Crippen LogP contribution is -2.29. The van der Waals surface area contributed by atoms with Gasteiger partial charge in [0, 0.05) is 6.54 Å². The smallest absolute Gasteiger partial charge is 0.0558 e. The molecule has 0 aliphatic heterocycles. The Hall–Kier alpha value is -0.120. The monoisotopic (exact) mass is 328 g/mol. The molecule has 0 atom stereocenters. The van der Waals surface area contributed by atoms with Crippen LogP contribution in [0.5, 0.6) is 0 Å². The van der Waals surface area contributed by atoms with E-state index in [1.165, 1.54) is 96.7 Å². The van der Waals surface area contributed by atoms with Crippen LogP contribution in [0.4, 0.5) is 0 Å². The van der Waals surface area contributed by atoms with E-state index in [0.717, 1.165) is 13.1 Å². The molecule has 0 aromatic rings. The minimum atomic E-state index is 0.306. The summed E-state index contributed by atoms with van der Waals surface area (Å²) in [6.07, 6.45) is 16.2. The van der Waals surface area contributed by atoms with E-state index in [0.29, 0.717) is 6.61 Å². The van der Waals surface area contributed by atoms with E-state index < -0.39 is 0 Å². The van der Waals surface area contributed by atoms with Crippen molar-refractivity contribution in [3.05, 3.63) is 0 Å². The zero-order valence-electron chi connectivity index (χ0n) is 16.1. The minimum Gasteiger partial charge on any atom is -0.395 e. The van der Waals surface area contributed by atoms with Crippen molar-refractivity contribution in [3.8, 4) is 0 Å². The SMILES string of the molecule is CCCCCCCCN(CCO)CCCCCCCCNCC. The van der Waals surface area contributed by atoms with Gasteiger partial charge in [0.1, 0.15) is 0 Å². The molecule has 0 spiro atoms. The summed E-state index contributed by atoms with van der Waals surface area (Å²) in [6.45, 7) is 10.2. The predicted molar refractivity (Wildman–Crippen MR) is 103 cm³/mol. The number of unbranched alkanes of at least 4 members (excludes halogenated alkanes) is 10. The van der Waals surface area contributed by atoms with Gasteiger partial charge in [-0.15, -0.1) is 0 Å². The fourth-order valence-corrected chi connectivity index (χ4v) is 3.06. The molecule has 3 nitrogen and oxygen atoms in total. The Kier molecular flexibility index (Phi) is 19.8. The molecule has 0 saturated heterocycles. The van der Waals surface area contributed by atoms with Crippen molar-refractivity contribution in [2.75, 3.05) is 39.3 Å². The summed E-state index contributed by atoms with van der Waals surface area (Å²) >= 11 is 0. The molecule has 23 heavy (non-hydrogen) atoms. The van der Waals surface area contributed by atoms with Crippen molar-refractivity contribution in [2.45, 2.75) is 90.9 Å². The summed E-state index contributed by atoms with van der Waals surface area (Å²) in [6, 6.07) is 0. The summed E-state index contributed by atoms with van der Waals surface area (Å²) in [4.78, 5) is 2.46. The van der Waals surface area contributed by atoms with E-state index in [1.54, 1.807) is 0 Å². The molecule has 0 bridgehead atoms. The minimum absolute atomic E-state index is 0.306. The fraction of sp³-hybridized carbons (Fsp3) is 1.00. The Labute approximate surface area is 146 Å². The van der Waals surface area contributed by atoms with Gasteiger partial charge in [-0.05, 0) is 45.4 Å². The third-order valence-electron chi connectivity index (χ3n) is 4.57. The zero-order valence-corrected chi connectivity index (χ0v) is 16.1. The fourth-order valence-electron chi connectivity index (χ4n) is 3.06. The topological polar surface area (TPSA) is 35.5 Å². The average Bonchev–Trinajstić information content (AvgIpc) is 2.56. The maximum atomic E-state index is 9.21. The van der Waals surface area contributed by atoms with Crippen LogP contribution in [0.3, 0.4) is 0 Å². The van der Waals surface area contributed by atoms with Gasteiger partial charge in [-0.3, -0.25) is 0 Å². The van der Waals surface area contributed by atoms with Crippen molar-refractivity contribution in [2.24, 2.45) is 0 Å². The van der Waals surface area contributed by atoms with Crippen LogP contribution in [0.25, 0.3) is 0 Å². The first kappa shape index (κ1) is 22.9. The van der Waals surface area contributed by atoms with Gasteiger partial charge in [0.25, 0.3) is 0 Å². The Morgan fingerprint density at radius 3 is 1.70 bits per heavy atom. The highest BCUT2D eigenvalue weighted by atomic mass is 16.3. The van der Waals surface area contributed by atoms with E-state index in [9.17, 15) is 5.11 Å². The number of nitrogens with zero attached hydrogens (tertiary/aromatic N) is 1. The van der Waals surface area contributed by atoms with Crippen LogP contribution < -0.4 is 5.32 Å². The van der Waals surface area contributed by atoms with Gasteiger partial charge in [-0.2, -0.15) is 0 Å². The third kappa shape index (κ3) is 18.1. The van der Waals surface area contributed by atoms with Crippen LogP contribution in [0.15, 0.2) is 0 Å². The summed E-state index contributed by atoms with van der Waals surface area (Å²) in [5.74, 6) is 0. The van der Waals surface area contributed by atoms with Crippen LogP contribution in [0, 0.1) is 0 Å². The largest absolute Gasteiger partial charge is 0.395 e. The number of aliphatic hydroxyl groups is 1. The molecular weight excluding hydrogens is 284 g/mol. The molecule has 0 amide bonds. The first-order valence-electron chi connectivity index (χ1n) is 10.4. The van der Waals surface area contributed by atoms with Crippen LogP contribution >= 0.6 is 0 Å². The van der Waals surface area contributed by atoms with Crippen molar-refractivity contribution in [1.29, 1.82) is 0 Å². The van der Waals surface area contributed by atoms with Crippen LogP contribution in [0.1, 0.15) is 90.9 Å². The van der Waals surface area contributed by atoms with Crippen molar-refractivity contribution < 1.29 is 5.11 Å². The molecule has 0 rings (SSSR count). The number of hydrogen-bond donors (Lipinski definition) is 2. The molecule has 0 saturated carbocycles. The number of aliphatic hydroxyl groups excluding tert-OH is 1. The average molecular weight is 329 g/mol. The molecule has 0 heterocycles. The quantitative estimate of drug-likeness (QED) is 0.340. The molecule has 140 valence electrons. The maximum Gasteiger partial charge on any atom is 0.0558 e. The van der Waals surface area contributed by atoms with E-state index >= 15 is 0 Å². The highest BCUT2D eigenvalue weighted by Gasteiger charge is 2.03. The van der Waals surface area contributed by atoms with Gasteiger partial charge in [-0.25, -0.2) is 0 Å². The number of nitrogens with one attached hydrogen (secondary N) is 1. The molecule has 0 aliphatic rings. The second-order valence-corrected chi connectivity index (χ2v) is 6.81. The predicted octanol–water partition coefficient (Wildman–Crippen LogP) is 4.59. The van der Waals surface area contributed by atoms with Crippen molar-refractivity contribution >= 4 is 0 Å². The summed E-state index contributed by atoms with van der Waals surface area (Å²) in [5, 5.41) is 12.6. The molecular formula is C20H44N2O. The molecule has 3 heteroatoms. The lowest BCUT2D eigenvalue weighted by atomic mass is 10.1. The van der Waals surface area contributed by atoms with Crippen LogP contribution in [-0.4, -0.2) is 49.3 Å². The second-order valence-electron chi connectivity index (χ2n) is 6.81. The standard InChI is InChI=1S/C20H44N2O/c1-3-5-6-7-11-14-17-22(19-20-23)18-15-12-9-8-10-13-16-21-4-2/h21,23H,3-20H2,1-2H3. The Bertz CT molecular complexity index is 212. The van der Waals surface area contributed by atoms with Crippen molar-refractivity contribution in [3.63, 3.8) is 0 Å². The highest BCUT2D eigenvalue weighted by molar-refractivity contribution is 4.59. The Morgan fingerprint density at radius 1 is 0.652 bits per heavy atom. The zero-order chi connectivity index (χ0) is 17.0. The van der Waals surface area contributed by atoms with E-state index in [-0.39, 0.29) is 0 Å². The maximum absolute atomic E-state index is 9.21. The molecule has 0 radical (unpaired) electrons. The van der Waals surface area contributed by atoms with Gasteiger partial charge in [0.2, 0.25) is 0 Å². The highest BCUT2D eigenvalue weighted by Crippen LogP contribution is 2.08. The lowest BCUT2D eigenvalue weighted by Gasteiger charge is -2.21. The number of rotatable bonds is 19. The molecule has 0 aliphatic carbocycles. The van der Waals surface area contributed by atoms with Gasteiger partial charge in [-0.1, -0.05) is 71.6 Å².